The summed E-state index contributed by atoms with van der Waals surface area (Å²) in [6.07, 6.45) is -7.68. The number of esters is 1. The highest BCUT2D eigenvalue weighted by atomic mass is 16.5. The van der Waals surface area contributed by atoms with Crippen LogP contribution in [0.1, 0.15) is 29.7 Å². The van der Waals surface area contributed by atoms with E-state index in [0.29, 0.717) is 6.92 Å². The van der Waals surface area contributed by atoms with Crippen molar-refractivity contribution in [3.05, 3.63) is 0 Å². The summed E-state index contributed by atoms with van der Waals surface area (Å²) >= 11 is 0. The molecule has 0 aliphatic carbocycles. The van der Waals surface area contributed by atoms with Crippen molar-refractivity contribution in [2.24, 2.45) is 0 Å². The highest BCUT2D eigenvalue weighted by Crippen LogP contribution is 2.04. The van der Waals surface area contributed by atoms with Crippen molar-refractivity contribution in [1.29, 1.82) is 0 Å². The zero-order valence-corrected chi connectivity index (χ0v) is 7.29. The fourth-order valence-electron chi connectivity index (χ4n) is 0.600. The molecule has 5 nitrogen and oxygen atoms in total. The van der Waals surface area contributed by atoms with Gasteiger partial charge in [-0.05, 0) is 0 Å². The average molecular weight is 215 g/mol. The highest BCUT2D eigenvalue weighted by Gasteiger charge is 2.20. The summed E-state index contributed by atoms with van der Waals surface area (Å²) < 4.78 is 90.7. The second-order valence-corrected chi connectivity index (χ2v) is 2.40. The first kappa shape index (κ1) is 3.20. The smallest absolute Gasteiger partial charge is 0.303 e. The van der Waals surface area contributed by atoms with Gasteiger partial charge in [0.05, 0.1) is 34.6 Å². The molecule has 14 heavy (non-hydrogen) atoms. The first-order valence-electron chi connectivity index (χ1n) is 9.36. The summed E-state index contributed by atoms with van der Waals surface area (Å²) in [6.45, 7) is -13.1. The highest BCUT2D eigenvalue weighted by molar-refractivity contribution is 5.68. The van der Waals surface area contributed by atoms with Gasteiger partial charge in [-0.1, -0.05) is 0 Å². The Morgan fingerprint density at radius 1 is 1.64 bits per heavy atom. The van der Waals surface area contributed by atoms with E-state index in [2.05, 4.69) is 4.74 Å². The fourth-order valence-corrected chi connectivity index (χ4v) is 0.600. The Hall–Kier alpha value is -1.10. The number of hydrogen-bond acceptors (Lipinski definition) is 4. The van der Waals surface area contributed by atoms with Crippen molar-refractivity contribution in [3.8, 4) is 0 Å². The molecule has 0 aromatic heterocycles. The Bertz CT molecular complexity index is 528. The van der Waals surface area contributed by atoms with Crippen molar-refractivity contribution < 1.29 is 40.4 Å². The molecule has 82 valence electrons. The first-order valence-corrected chi connectivity index (χ1v) is 3.36. The SMILES string of the molecule is [2H]C([2H])(C(=O)[O-])[C@@]([2H])(C[N+](C([2H])([2H])[2H])(C([2H])([2H])[2H])C([2H])([2H])[2H])OC(C)=O. The Balaban J connectivity index is 6.90. The maximum Gasteiger partial charge on any atom is 0.303 e. The van der Waals surface area contributed by atoms with Crippen LogP contribution in [-0.4, -0.2) is 50.0 Å². The van der Waals surface area contributed by atoms with E-state index < -0.39 is 56.3 Å². The summed E-state index contributed by atoms with van der Waals surface area (Å²) in [4.78, 5) is 22.3. The molecule has 5 heteroatoms. The number of carbonyl (C=O) groups excluding carboxylic acids is 2. The maximum atomic E-state index is 11.2. The van der Waals surface area contributed by atoms with E-state index in [1.165, 1.54) is 0 Å². The molecule has 0 saturated heterocycles. The van der Waals surface area contributed by atoms with Gasteiger partial charge in [0.25, 0.3) is 0 Å². The zero-order valence-electron chi connectivity index (χ0n) is 19.3. The van der Waals surface area contributed by atoms with E-state index in [4.69, 9.17) is 16.4 Å². The number of ether oxygens (including phenoxy) is 1. The van der Waals surface area contributed by atoms with Gasteiger partial charge in [0.15, 0.2) is 6.08 Å². The van der Waals surface area contributed by atoms with Gasteiger partial charge in [-0.25, -0.2) is 0 Å². The number of rotatable bonds is 5. The Morgan fingerprint density at radius 2 is 2.21 bits per heavy atom. The normalized spacial score (nSPS) is 32.1. The molecule has 0 aliphatic rings. The molecule has 0 aromatic carbocycles. The van der Waals surface area contributed by atoms with Gasteiger partial charge in [-0.3, -0.25) is 4.79 Å². The van der Waals surface area contributed by atoms with Crippen molar-refractivity contribution in [2.45, 2.75) is 19.4 Å². The van der Waals surface area contributed by atoms with Gasteiger partial charge >= 0.3 is 5.97 Å². The van der Waals surface area contributed by atoms with Crippen LogP contribution in [0.2, 0.25) is 0 Å². The monoisotopic (exact) mass is 215 g/mol. The van der Waals surface area contributed by atoms with Gasteiger partial charge in [-0.2, -0.15) is 0 Å². The van der Waals surface area contributed by atoms with E-state index in [9.17, 15) is 14.7 Å². The molecule has 0 radical (unpaired) electrons. The van der Waals surface area contributed by atoms with Crippen LogP contribution >= 0.6 is 0 Å². The van der Waals surface area contributed by atoms with Crippen LogP contribution < -0.4 is 5.11 Å². The second kappa shape index (κ2) is 4.95. The predicted octanol–water partition coefficient (Wildman–Crippen LogP) is -1.24. The second-order valence-electron chi connectivity index (χ2n) is 2.40. The molecule has 0 saturated carbocycles. The van der Waals surface area contributed by atoms with Crippen molar-refractivity contribution in [3.63, 3.8) is 0 Å². The number of nitrogens with zero attached hydrogens (tertiary/aromatic N) is 1. The van der Waals surface area contributed by atoms with Crippen LogP contribution in [0, 0.1) is 0 Å². The van der Waals surface area contributed by atoms with Gasteiger partial charge in [0.2, 0.25) is 0 Å². The van der Waals surface area contributed by atoms with Crippen LogP contribution in [0.15, 0.2) is 0 Å². The average Bonchev–Trinajstić information content (AvgIpc) is 2.29. The minimum absolute atomic E-state index is 0.614. The van der Waals surface area contributed by atoms with Crippen molar-refractivity contribution in [1.82, 2.24) is 0 Å². The molecular formula is C9H17NO4. The lowest BCUT2D eigenvalue weighted by Gasteiger charge is -2.28. The summed E-state index contributed by atoms with van der Waals surface area (Å²) in [5.41, 5.74) is 0. The lowest BCUT2D eigenvalue weighted by atomic mass is 10.2. The number of aliphatic carboxylic acids is 1. The maximum absolute atomic E-state index is 11.2. The molecular weight excluding hydrogens is 186 g/mol. The zero-order chi connectivity index (χ0) is 21.6. The third-order valence-corrected chi connectivity index (χ3v) is 0.889. The molecule has 0 spiro atoms. The van der Waals surface area contributed by atoms with Crippen LogP contribution in [0.25, 0.3) is 0 Å². The molecule has 0 heterocycles. The van der Waals surface area contributed by atoms with Gasteiger partial charge in [0, 0.05) is 22.0 Å². The van der Waals surface area contributed by atoms with E-state index >= 15 is 0 Å². The van der Waals surface area contributed by atoms with Gasteiger partial charge < -0.3 is 19.1 Å². The predicted molar refractivity (Wildman–Crippen MR) is 48.1 cm³/mol. The number of likely N-dealkylation sites (N-methyl/N-ethyl adjacent to an activating group) is 1. The molecule has 0 rings (SSSR count). The summed E-state index contributed by atoms with van der Waals surface area (Å²) in [6, 6.07) is 0. The largest absolute Gasteiger partial charge is 0.550 e. The summed E-state index contributed by atoms with van der Waals surface area (Å²) in [7, 11) is 0. The number of carboxylic acids is 1. The Morgan fingerprint density at radius 3 is 2.57 bits per heavy atom. The number of carbonyl (C=O) groups is 2. The minimum Gasteiger partial charge on any atom is -0.550 e. The van der Waals surface area contributed by atoms with Gasteiger partial charge in [-0.15, -0.1) is 0 Å². The molecule has 0 N–H and O–H groups in total. The van der Waals surface area contributed by atoms with E-state index in [1.54, 1.807) is 0 Å². The van der Waals surface area contributed by atoms with Crippen molar-refractivity contribution in [2.75, 3.05) is 27.5 Å². The first-order chi connectivity index (χ1) is 11.1. The third-order valence-electron chi connectivity index (χ3n) is 0.889. The van der Waals surface area contributed by atoms with Crippen molar-refractivity contribution >= 4 is 11.9 Å². The number of quaternary nitrogens is 1. The summed E-state index contributed by atoms with van der Waals surface area (Å²) in [5, 5.41) is 11.1. The lowest BCUT2D eigenvalue weighted by Crippen LogP contribution is -2.45. The number of hydrogen-bond donors (Lipinski definition) is 0. The molecule has 0 amide bonds. The number of carboxylic acid groups (broad SMARTS) is 1. The minimum atomic E-state index is -3.94. The topological polar surface area (TPSA) is 66.4 Å². The molecule has 1 atom stereocenters. The molecule has 0 aromatic rings. The van der Waals surface area contributed by atoms with E-state index in [-0.39, 0.29) is 0 Å². The molecule has 0 unspecified atom stereocenters. The standard InChI is InChI=1S/C9H17NO4/c1-7(11)14-8(5-9(12)13)6-10(2,3)4/h8H,5-6H2,1-4H3/t8-/m0/s1/i2D3,3D3,4D3,5D2,8D. The summed E-state index contributed by atoms with van der Waals surface area (Å²) in [5.74, 6) is -4.10. The Kier molecular flexibility index (Phi) is 1.13. The quantitative estimate of drug-likeness (QED) is 0.425. The third kappa shape index (κ3) is 7.54. The molecule has 0 bridgehead atoms. The van der Waals surface area contributed by atoms with Crippen LogP contribution in [-0.2, 0) is 14.3 Å². The Labute approximate surface area is 101 Å². The van der Waals surface area contributed by atoms with E-state index in [1.807, 2.05) is 0 Å². The fraction of sp³-hybridized carbons (Fsp3) is 0.778. The molecule has 0 fully saturated rings. The van der Waals surface area contributed by atoms with Crippen LogP contribution in [0.4, 0.5) is 0 Å². The molecule has 0 aliphatic heterocycles. The van der Waals surface area contributed by atoms with Gasteiger partial charge in [0.1, 0.15) is 6.54 Å². The van der Waals surface area contributed by atoms with Crippen LogP contribution in [0.5, 0.6) is 0 Å². The van der Waals surface area contributed by atoms with E-state index in [0.717, 1.165) is 0 Å². The van der Waals surface area contributed by atoms with Crippen LogP contribution in [0.3, 0.4) is 0 Å². The lowest BCUT2D eigenvalue weighted by molar-refractivity contribution is -0.873.